The summed E-state index contributed by atoms with van der Waals surface area (Å²) in [5, 5.41) is 0. The summed E-state index contributed by atoms with van der Waals surface area (Å²) in [6.45, 7) is 4.61. The van der Waals surface area contributed by atoms with Crippen molar-refractivity contribution in [3.8, 4) is 0 Å². The van der Waals surface area contributed by atoms with E-state index in [0.717, 1.165) is 6.08 Å². The molecule has 1 rings (SSSR count). The normalized spacial score (nSPS) is 12.7. The Morgan fingerprint density at radius 3 is 2.50 bits per heavy atom. The molecule has 0 spiro atoms. The second-order valence-electron chi connectivity index (χ2n) is 3.47. The van der Waals surface area contributed by atoms with Crippen LogP contribution in [0, 0.1) is 0 Å². The maximum atomic E-state index is 11.9. The van der Waals surface area contributed by atoms with Gasteiger partial charge in [-0.15, -0.1) is 0 Å². The van der Waals surface area contributed by atoms with Crippen LogP contribution in [0.2, 0.25) is 0 Å². The van der Waals surface area contributed by atoms with Crippen molar-refractivity contribution < 1.29 is 17.9 Å². The van der Waals surface area contributed by atoms with Crippen LogP contribution in [0.1, 0.15) is 6.92 Å². The summed E-state index contributed by atoms with van der Waals surface area (Å²) >= 11 is 0. The monoisotopic (exact) mass is 270 g/mol. The number of nitrogen functional groups attached to an aromatic ring is 1. The van der Waals surface area contributed by atoms with Crippen LogP contribution in [-0.2, 0) is 19.6 Å². The average molecular weight is 270 g/mol. The molecule has 0 saturated carbocycles. The molecule has 0 bridgehead atoms. The van der Waals surface area contributed by atoms with Gasteiger partial charge in [0, 0.05) is 11.8 Å². The van der Waals surface area contributed by atoms with Crippen molar-refractivity contribution in [1.29, 1.82) is 0 Å². The predicted octanol–water partition coefficient (Wildman–Crippen LogP) is 0.622. The Morgan fingerprint density at radius 1 is 1.44 bits per heavy atom. The Morgan fingerprint density at radius 2 is 2.00 bits per heavy atom. The highest BCUT2D eigenvalue weighted by Gasteiger charge is 2.18. The molecule has 98 valence electrons. The number of carbonyl (C=O) groups excluding carboxylic acids is 1. The smallest absolute Gasteiger partial charge is 0.331 e. The van der Waals surface area contributed by atoms with E-state index in [1.165, 1.54) is 31.2 Å². The van der Waals surface area contributed by atoms with Crippen molar-refractivity contribution in [2.24, 2.45) is 0 Å². The highest BCUT2D eigenvalue weighted by Crippen LogP contribution is 2.12. The first-order chi connectivity index (χ1) is 8.35. The average Bonchev–Trinajstić information content (AvgIpc) is 2.28. The maximum Gasteiger partial charge on any atom is 0.331 e. The number of nitrogens with one attached hydrogen (secondary N) is 1. The molecule has 0 aliphatic rings. The molecule has 0 heterocycles. The van der Waals surface area contributed by atoms with Crippen LogP contribution < -0.4 is 10.5 Å². The molecule has 1 aromatic carbocycles. The molecule has 1 aromatic rings. The minimum absolute atomic E-state index is 0.0400. The van der Waals surface area contributed by atoms with Crippen molar-refractivity contribution in [2.45, 2.75) is 18.0 Å². The molecule has 7 heteroatoms. The lowest BCUT2D eigenvalue weighted by atomic mass is 10.3. The molecule has 0 radical (unpaired) electrons. The van der Waals surface area contributed by atoms with Crippen molar-refractivity contribution in [3.05, 3.63) is 36.9 Å². The summed E-state index contributed by atoms with van der Waals surface area (Å²) in [7, 11) is -3.75. The third-order valence-electron chi connectivity index (χ3n) is 1.97. The van der Waals surface area contributed by atoms with E-state index in [4.69, 9.17) is 10.5 Å². The van der Waals surface area contributed by atoms with Gasteiger partial charge in [-0.2, -0.15) is 4.72 Å². The molecule has 0 aliphatic heterocycles. The number of nitrogens with two attached hydrogens (primary N) is 1. The van der Waals surface area contributed by atoms with Gasteiger partial charge in [-0.3, -0.25) is 0 Å². The molecule has 0 amide bonds. The van der Waals surface area contributed by atoms with E-state index in [0.29, 0.717) is 5.69 Å². The van der Waals surface area contributed by atoms with Gasteiger partial charge in [0.1, 0.15) is 0 Å². The van der Waals surface area contributed by atoms with Crippen molar-refractivity contribution >= 4 is 21.7 Å². The lowest BCUT2D eigenvalue weighted by molar-refractivity contribution is -0.142. The molecule has 6 nitrogen and oxygen atoms in total. The fraction of sp³-hybridized carbons (Fsp3) is 0.182. The summed E-state index contributed by atoms with van der Waals surface area (Å²) in [4.78, 5) is 10.9. The number of rotatable bonds is 5. The third kappa shape index (κ3) is 3.86. The molecule has 0 aromatic heterocycles. The Labute approximate surface area is 105 Å². The van der Waals surface area contributed by atoms with Gasteiger partial charge in [0.15, 0.2) is 6.23 Å². The lowest BCUT2D eigenvalue weighted by Crippen LogP contribution is -2.35. The Kier molecular flexibility index (Phi) is 4.46. The molecule has 1 atom stereocenters. The predicted molar refractivity (Wildman–Crippen MR) is 66.9 cm³/mol. The van der Waals surface area contributed by atoms with E-state index < -0.39 is 22.2 Å². The molecule has 1 unspecified atom stereocenters. The van der Waals surface area contributed by atoms with Gasteiger partial charge < -0.3 is 10.5 Å². The van der Waals surface area contributed by atoms with E-state index in [9.17, 15) is 13.2 Å². The van der Waals surface area contributed by atoms with Gasteiger partial charge in [-0.05, 0) is 31.2 Å². The minimum Gasteiger partial charge on any atom is -0.443 e. The number of sulfonamides is 1. The molecule has 0 aliphatic carbocycles. The van der Waals surface area contributed by atoms with Crippen LogP contribution in [0.3, 0.4) is 0 Å². The van der Waals surface area contributed by atoms with Crippen LogP contribution in [0.25, 0.3) is 0 Å². The Balaban J connectivity index is 2.79. The lowest BCUT2D eigenvalue weighted by Gasteiger charge is -2.14. The maximum absolute atomic E-state index is 11.9. The molecular weight excluding hydrogens is 256 g/mol. The SMILES string of the molecule is C=CC(=O)OC(C)NS(=O)(=O)c1ccc(N)cc1. The fourth-order valence-corrected chi connectivity index (χ4v) is 2.30. The summed E-state index contributed by atoms with van der Waals surface area (Å²) < 4.78 is 30.6. The van der Waals surface area contributed by atoms with Crippen molar-refractivity contribution in [3.63, 3.8) is 0 Å². The quantitative estimate of drug-likeness (QED) is 0.354. The second kappa shape index (κ2) is 5.65. The first-order valence-electron chi connectivity index (χ1n) is 5.06. The fourth-order valence-electron chi connectivity index (χ4n) is 1.18. The van der Waals surface area contributed by atoms with Gasteiger partial charge in [0.25, 0.3) is 0 Å². The summed E-state index contributed by atoms with van der Waals surface area (Å²) in [6.07, 6.45) is -0.0355. The zero-order valence-electron chi connectivity index (χ0n) is 9.79. The first-order valence-corrected chi connectivity index (χ1v) is 6.54. The highest BCUT2D eigenvalue weighted by atomic mass is 32.2. The summed E-state index contributed by atoms with van der Waals surface area (Å²) in [5.41, 5.74) is 5.92. The number of ether oxygens (including phenoxy) is 1. The van der Waals surface area contributed by atoms with Crippen LogP contribution in [-0.4, -0.2) is 20.6 Å². The van der Waals surface area contributed by atoms with Gasteiger partial charge in [0.05, 0.1) is 4.90 Å². The summed E-state index contributed by atoms with van der Waals surface area (Å²) in [6, 6.07) is 5.66. The largest absolute Gasteiger partial charge is 0.443 e. The van der Waals surface area contributed by atoms with E-state index in [-0.39, 0.29) is 4.90 Å². The van der Waals surface area contributed by atoms with Gasteiger partial charge in [-0.25, -0.2) is 13.2 Å². The van der Waals surface area contributed by atoms with E-state index >= 15 is 0 Å². The van der Waals surface area contributed by atoms with E-state index in [1.807, 2.05) is 0 Å². The molecule has 0 fully saturated rings. The van der Waals surface area contributed by atoms with E-state index in [2.05, 4.69) is 11.3 Å². The first kappa shape index (κ1) is 14.2. The van der Waals surface area contributed by atoms with E-state index in [1.54, 1.807) is 0 Å². The van der Waals surface area contributed by atoms with Crippen LogP contribution in [0.5, 0.6) is 0 Å². The number of hydrogen-bond acceptors (Lipinski definition) is 5. The molecule has 0 saturated heterocycles. The molecular formula is C11H14N2O4S. The zero-order chi connectivity index (χ0) is 13.8. The number of hydrogen-bond donors (Lipinski definition) is 2. The number of esters is 1. The molecule has 3 N–H and O–H groups in total. The third-order valence-corrected chi connectivity index (χ3v) is 3.51. The number of benzene rings is 1. The van der Waals surface area contributed by atoms with Gasteiger partial charge >= 0.3 is 5.97 Å². The topological polar surface area (TPSA) is 98.5 Å². The van der Waals surface area contributed by atoms with Crippen molar-refractivity contribution in [2.75, 3.05) is 5.73 Å². The zero-order valence-corrected chi connectivity index (χ0v) is 10.6. The standard InChI is InChI=1S/C11H14N2O4S/c1-3-11(14)17-8(2)13-18(15,16)10-6-4-9(12)5-7-10/h3-8,13H,1,12H2,2H3. The number of anilines is 1. The molecule has 18 heavy (non-hydrogen) atoms. The second-order valence-corrected chi connectivity index (χ2v) is 5.19. The highest BCUT2D eigenvalue weighted by molar-refractivity contribution is 7.89. The van der Waals surface area contributed by atoms with Crippen LogP contribution in [0.15, 0.2) is 41.8 Å². The minimum atomic E-state index is -3.75. The Bertz CT molecular complexity index is 537. The van der Waals surface area contributed by atoms with Crippen LogP contribution in [0.4, 0.5) is 5.69 Å². The van der Waals surface area contributed by atoms with Gasteiger partial charge in [-0.1, -0.05) is 6.58 Å². The summed E-state index contributed by atoms with van der Waals surface area (Å²) in [5.74, 6) is -0.706. The Hall–Kier alpha value is -1.86. The van der Waals surface area contributed by atoms with Crippen molar-refractivity contribution in [1.82, 2.24) is 4.72 Å². The van der Waals surface area contributed by atoms with Gasteiger partial charge in [0.2, 0.25) is 10.0 Å². The number of carbonyl (C=O) groups is 1. The van der Waals surface area contributed by atoms with Crippen LogP contribution >= 0.6 is 0 Å².